The molecule has 0 atom stereocenters. The number of fused-ring (bicyclic) bond motifs is 1. The van der Waals surface area contributed by atoms with Crippen LogP contribution in [0.1, 0.15) is 27.4 Å². The van der Waals surface area contributed by atoms with Gasteiger partial charge in [0, 0.05) is 44.4 Å². The maximum atomic E-state index is 12.8. The molecule has 2 heterocycles. The molecule has 29 heavy (non-hydrogen) atoms. The van der Waals surface area contributed by atoms with Crippen LogP contribution in [0.5, 0.6) is 5.75 Å². The molecule has 2 aromatic carbocycles. The van der Waals surface area contributed by atoms with Crippen LogP contribution < -0.4 is 4.74 Å². The standard InChI is InChI=1S/C22H22N4O3/c1-25(13-16-12-23-26(2)14-16)22(27)17-6-9-19-20(11-17)29-21(24-19)10-15-4-7-18(28-3)8-5-15/h4-9,11-12,14H,10,13H2,1-3H3. The fourth-order valence-electron chi connectivity index (χ4n) is 3.22. The van der Waals surface area contributed by atoms with E-state index in [2.05, 4.69) is 10.1 Å². The van der Waals surface area contributed by atoms with Gasteiger partial charge in [-0.05, 0) is 35.9 Å². The Balaban J connectivity index is 1.50. The number of ether oxygens (including phenoxy) is 1. The average Bonchev–Trinajstić information content (AvgIpc) is 3.32. The number of aromatic nitrogens is 3. The van der Waals surface area contributed by atoms with Gasteiger partial charge in [0.05, 0.1) is 13.3 Å². The lowest BCUT2D eigenvalue weighted by atomic mass is 10.1. The molecule has 0 saturated carbocycles. The van der Waals surface area contributed by atoms with Gasteiger partial charge in [-0.1, -0.05) is 12.1 Å². The molecule has 0 unspecified atom stereocenters. The molecule has 4 aromatic rings. The molecule has 0 radical (unpaired) electrons. The number of hydrogen-bond acceptors (Lipinski definition) is 5. The summed E-state index contributed by atoms with van der Waals surface area (Å²) in [6.45, 7) is 0.490. The van der Waals surface area contributed by atoms with Crippen LogP contribution in [0.15, 0.2) is 59.3 Å². The summed E-state index contributed by atoms with van der Waals surface area (Å²) >= 11 is 0. The quantitative estimate of drug-likeness (QED) is 0.504. The van der Waals surface area contributed by atoms with Gasteiger partial charge in [0.25, 0.3) is 5.91 Å². The Morgan fingerprint density at radius 2 is 1.97 bits per heavy atom. The van der Waals surface area contributed by atoms with Gasteiger partial charge in [-0.25, -0.2) is 4.98 Å². The van der Waals surface area contributed by atoms with E-state index in [1.807, 2.05) is 43.6 Å². The molecule has 4 rings (SSSR count). The minimum Gasteiger partial charge on any atom is -0.497 e. The first-order valence-corrected chi connectivity index (χ1v) is 9.27. The van der Waals surface area contributed by atoms with Crippen LogP contribution in [-0.4, -0.2) is 39.7 Å². The van der Waals surface area contributed by atoms with Crippen molar-refractivity contribution >= 4 is 17.0 Å². The van der Waals surface area contributed by atoms with E-state index in [1.165, 1.54) is 0 Å². The number of rotatable bonds is 6. The van der Waals surface area contributed by atoms with Crippen molar-refractivity contribution in [3.05, 3.63) is 77.4 Å². The third kappa shape index (κ3) is 4.13. The Kier molecular flexibility index (Phi) is 5.03. The highest BCUT2D eigenvalue weighted by Crippen LogP contribution is 2.21. The van der Waals surface area contributed by atoms with E-state index in [4.69, 9.17) is 9.15 Å². The average molecular weight is 390 g/mol. The van der Waals surface area contributed by atoms with Gasteiger partial charge in [0.15, 0.2) is 11.5 Å². The van der Waals surface area contributed by atoms with Crippen molar-refractivity contribution in [1.82, 2.24) is 19.7 Å². The molecule has 1 amide bonds. The molecule has 0 spiro atoms. The monoisotopic (exact) mass is 390 g/mol. The largest absolute Gasteiger partial charge is 0.497 e. The van der Waals surface area contributed by atoms with E-state index in [9.17, 15) is 4.79 Å². The van der Waals surface area contributed by atoms with Crippen LogP contribution in [0.4, 0.5) is 0 Å². The highest BCUT2D eigenvalue weighted by molar-refractivity contribution is 5.96. The summed E-state index contributed by atoms with van der Waals surface area (Å²) in [5, 5.41) is 4.14. The summed E-state index contributed by atoms with van der Waals surface area (Å²) in [4.78, 5) is 19.0. The van der Waals surface area contributed by atoms with Crippen molar-refractivity contribution in [2.24, 2.45) is 7.05 Å². The summed E-state index contributed by atoms with van der Waals surface area (Å²) < 4.78 is 12.8. The second kappa shape index (κ2) is 7.79. The minimum atomic E-state index is -0.0798. The first-order valence-electron chi connectivity index (χ1n) is 9.27. The Hall–Kier alpha value is -3.61. The number of methoxy groups -OCH3 is 1. The van der Waals surface area contributed by atoms with Gasteiger partial charge in [-0.3, -0.25) is 9.48 Å². The third-order valence-corrected chi connectivity index (χ3v) is 4.72. The number of nitrogens with zero attached hydrogens (tertiary/aromatic N) is 4. The van der Waals surface area contributed by atoms with Crippen LogP contribution in [0.25, 0.3) is 11.1 Å². The first kappa shape index (κ1) is 18.7. The smallest absolute Gasteiger partial charge is 0.254 e. The van der Waals surface area contributed by atoms with Gasteiger partial charge < -0.3 is 14.1 Å². The van der Waals surface area contributed by atoms with Crippen molar-refractivity contribution in [3.63, 3.8) is 0 Å². The molecule has 0 aliphatic heterocycles. The normalized spacial score (nSPS) is 11.0. The highest BCUT2D eigenvalue weighted by Gasteiger charge is 2.15. The van der Waals surface area contributed by atoms with Crippen molar-refractivity contribution in [3.8, 4) is 5.75 Å². The predicted molar refractivity (Wildman–Crippen MR) is 109 cm³/mol. The lowest BCUT2D eigenvalue weighted by molar-refractivity contribution is 0.0785. The molecule has 0 bridgehead atoms. The first-order chi connectivity index (χ1) is 14.0. The van der Waals surface area contributed by atoms with E-state index < -0.39 is 0 Å². The predicted octanol–water partition coefficient (Wildman–Crippen LogP) is 3.43. The van der Waals surface area contributed by atoms with Crippen LogP contribution in [0, 0.1) is 0 Å². The van der Waals surface area contributed by atoms with Crippen molar-refractivity contribution in [1.29, 1.82) is 0 Å². The van der Waals surface area contributed by atoms with Gasteiger partial charge in [-0.15, -0.1) is 0 Å². The zero-order valence-electron chi connectivity index (χ0n) is 16.6. The van der Waals surface area contributed by atoms with E-state index in [0.717, 1.165) is 22.4 Å². The van der Waals surface area contributed by atoms with Crippen LogP contribution in [0.2, 0.25) is 0 Å². The van der Waals surface area contributed by atoms with Crippen LogP contribution in [0.3, 0.4) is 0 Å². The number of benzene rings is 2. The lowest BCUT2D eigenvalue weighted by Crippen LogP contribution is -2.25. The third-order valence-electron chi connectivity index (χ3n) is 4.72. The summed E-state index contributed by atoms with van der Waals surface area (Å²) in [6.07, 6.45) is 4.23. The highest BCUT2D eigenvalue weighted by atomic mass is 16.5. The second-order valence-electron chi connectivity index (χ2n) is 7.00. The van der Waals surface area contributed by atoms with Crippen molar-refractivity contribution < 1.29 is 13.9 Å². The molecule has 0 aliphatic rings. The number of carbonyl (C=O) groups is 1. The van der Waals surface area contributed by atoms with E-state index in [0.29, 0.717) is 30.0 Å². The van der Waals surface area contributed by atoms with Gasteiger partial charge in [-0.2, -0.15) is 5.10 Å². The summed E-state index contributed by atoms with van der Waals surface area (Å²) in [7, 11) is 5.27. The van der Waals surface area contributed by atoms with E-state index >= 15 is 0 Å². The molecular formula is C22H22N4O3. The maximum Gasteiger partial charge on any atom is 0.254 e. The van der Waals surface area contributed by atoms with Crippen molar-refractivity contribution in [2.75, 3.05) is 14.2 Å². The lowest BCUT2D eigenvalue weighted by Gasteiger charge is -2.16. The minimum absolute atomic E-state index is 0.0798. The molecule has 0 N–H and O–H groups in total. The molecule has 148 valence electrons. The Bertz CT molecular complexity index is 1140. The number of carbonyl (C=O) groups excluding carboxylic acids is 1. The van der Waals surface area contributed by atoms with Gasteiger partial charge in [0.2, 0.25) is 0 Å². The second-order valence-corrected chi connectivity index (χ2v) is 7.00. The van der Waals surface area contributed by atoms with Crippen LogP contribution in [-0.2, 0) is 20.0 Å². The Labute approximate surface area is 168 Å². The molecule has 2 aromatic heterocycles. The zero-order chi connectivity index (χ0) is 20.4. The molecule has 0 fully saturated rings. The fraction of sp³-hybridized carbons (Fsp3) is 0.227. The number of amides is 1. The summed E-state index contributed by atoms with van der Waals surface area (Å²) in [6, 6.07) is 13.1. The Morgan fingerprint density at radius 3 is 2.66 bits per heavy atom. The number of oxazole rings is 1. The molecule has 7 heteroatoms. The molecule has 0 aliphatic carbocycles. The molecule has 0 saturated heterocycles. The van der Waals surface area contributed by atoms with E-state index in [1.54, 1.807) is 42.1 Å². The topological polar surface area (TPSA) is 73.4 Å². The maximum absolute atomic E-state index is 12.8. The van der Waals surface area contributed by atoms with Gasteiger partial charge in [0.1, 0.15) is 11.3 Å². The molecule has 7 nitrogen and oxygen atoms in total. The Morgan fingerprint density at radius 1 is 1.17 bits per heavy atom. The summed E-state index contributed by atoms with van der Waals surface area (Å²) in [5.41, 5.74) is 3.96. The van der Waals surface area contributed by atoms with Crippen LogP contribution >= 0.6 is 0 Å². The zero-order valence-corrected chi connectivity index (χ0v) is 16.6. The van der Waals surface area contributed by atoms with Gasteiger partial charge >= 0.3 is 0 Å². The van der Waals surface area contributed by atoms with E-state index in [-0.39, 0.29) is 5.91 Å². The number of hydrogen-bond donors (Lipinski definition) is 0. The number of aryl methyl sites for hydroxylation is 1. The van der Waals surface area contributed by atoms with Crippen molar-refractivity contribution in [2.45, 2.75) is 13.0 Å². The summed E-state index contributed by atoms with van der Waals surface area (Å²) in [5.74, 6) is 1.34. The fourth-order valence-corrected chi connectivity index (χ4v) is 3.22. The SMILES string of the molecule is COc1ccc(Cc2nc3ccc(C(=O)N(C)Cc4cnn(C)c4)cc3o2)cc1. The molecular weight excluding hydrogens is 368 g/mol.